The standard InChI is InChI=1S/C14H18ClNO3S/c1-3-11-4-6-12(7-5-11)9-20(17,18)13-8-14(2,10-15)19-16-13/h4-7H,3,8-10H2,1-2H3. The second-order valence-corrected chi connectivity index (χ2v) is 7.52. The van der Waals surface area contributed by atoms with Gasteiger partial charge in [0.2, 0.25) is 0 Å². The zero-order valence-electron chi connectivity index (χ0n) is 11.6. The van der Waals surface area contributed by atoms with E-state index in [2.05, 4.69) is 12.1 Å². The highest BCUT2D eigenvalue weighted by atomic mass is 35.5. The van der Waals surface area contributed by atoms with Gasteiger partial charge in [-0.05, 0) is 24.5 Å². The maximum absolute atomic E-state index is 12.3. The quantitative estimate of drug-likeness (QED) is 0.803. The molecule has 110 valence electrons. The van der Waals surface area contributed by atoms with Crippen molar-refractivity contribution in [2.75, 3.05) is 5.88 Å². The van der Waals surface area contributed by atoms with Crippen molar-refractivity contribution in [3.8, 4) is 0 Å². The molecule has 6 heteroatoms. The Bertz CT molecular complexity index is 610. The van der Waals surface area contributed by atoms with Crippen LogP contribution in [0.3, 0.4) is 0 Å². The van der Waals surface area contributed by atoms with Crippen LogP contribution in [-0.4, -0.2) is 24.9 Å². The van der Waals surface area contributed by atoms with E-state index in [1.54, 1.807) is 6.92 Å². The Morgan fingerprint density at radius 2 is 1.90 bits per heavy atom. The number of aryl methyl sites for hydroxylation is 1. The summed E-state index contributed by atoms with van der Waals surface area (Å²) in [6.45, 7) is 3.81. The van der Waals surface area contributed by atoms with Crippen LogP contribution in [0.15, 0.2) is 29.4 Å². The first kappa shape index (κ1) is 15.3. The largest absolute Gasteiger partial charge is 0.387 e. The molecule has 0 aromatic heterocycles. The second-order valence-electron chi connectivity index (χ2n) is 5.27. The molecule has 0 amide bonds. The van der Waals surface area contributed by atoms with Gasteiger partial charge in [0, 0.05) is 6.42 Å². The van der Waals surface area contributed by atoms with Gasteiger partial charge >= 0.3 is 0 Å². The summed E-state index contributed by atoms with van der Waals surface area (Å²) in [7, 11) is -3.45. The highest BCUT2D eigenvalue weighted by Gasteiger charge is 2.38. The predicted octanol–water partition coefficient (Wildman–Crippen LogP) is 2.90. The van der Waals surface area contributed by atoms with Gasteiger partial charge in [-0.3, -0.25) is 0 Å². The van der Waals surface area contributed by atoms with Gasteiger partial charge in [-0.1, -0.05) is 36.3 Å². The Balaban J connectivity index is 2.12. The second kappa shape index (κ2) is 5.74. The van der Waals surface area contributed by atoms with Crippen molar-refractivity contribution >= 4 is 26.5 Å². The van der Waals surface area contributed by atoms with Gasteiger partial charge in [0.15, 0.2) is 20.5 Å². The third-order valence-electron chi connectivity index (χ3n) is 3.32. The molecule has 0 N–H and O–H groups in total. The Labute approximate surface area is 124 Å². The van der Waals surface area contributed by atoms with E-state index in [0.717, 1.165) is 12.0 Å². The first-order chi connectivity index (χ1) is 9.38. The molecule has 1 aromatic carbocycles. The molecule has 0 saturated heterocycles. The Kier molecular flexibility index (Phi) is 4.39. The molecule has 4 nitrogen and oxygen atoms in total. The van der Waals surface area contributed by atoms with E-state index in [-0.39, 0.29) is 23.1 Å². The molecule has 2 rings (SSSR count). The van der Waals surface area contributed by atoms with Crippen molar-refractivity contribution < 1.29 is 13.3 Å². The average Bonchev–Trinajstić information content (AvgIpc) is 2.84. The highest BCUT2D eigenvalue weighted by molar-refractivity contribution is 8.05. The monoisotopic (exact) mass is 315 g/mol. The smallest absolute Gasteiger partial charge is 0.199 e. The summed E-state index contributed by atoms with van der Waals surface area (Å²) >= 11 is 5.76. The lowest BCUT2D eigenvalue weighted by Gasteiger charge is -2.16. The van der Waals surface area contributed by atoms with E-state index >= 15 is 0 Å². The summed E-state index contributed by atoms with van der Waals surface area (Å²) in [6.07, 6.45) is 1.16. The molecule has 0 aliphatic carbocycles. The summed E-state index contributed by atoms with van der Waals surface area (Å²) in [5.74, 6) is 0.151. The van der Waals surface area contributed by atoms with E-state index in [1.165, 1.54) is 5.56 Å². The first-order valence-electron chi connectivity index (χ1n) is 6.50. The van der Waals surface area contributed by atoms with Gasteiger partial charge in [0.25, 0.3) is 0 Å². The summed E-state index contributed by atoms with van der Waals surface area (Å²) in [5.41, 5.74) is 1.22. The summed E-state index contributed by atoms with van der Waals surface area (Å²) in [5, 5.41) is 3.79. The van der Waals surface area contributed by atoms with E-state index in [0.29, 0.717) is 0 Å². The maximum Gasteiger partial charge on any atom is 0.199 e. The fourth-order valence-corrected chi connectivity index (χ4v) is 3.58. The van der Waals surface area contributed by atoms with E-state index < -0.39 is 15.4 Å². The van der Waals surface area contributed by atoms with Crippen LogP contribution in [0.4, 0.5) is 0 Å². The number of hydrogen-bond donors (Lipinski definition) is 0. The topological polar surface area (TPSA) is 55.7 Å². The fraction of sp³-hybridized carbons (Fsp3) is 0.500. The van der Waals surface area contributed by atoms with Gasteiger partial charge in [-0.2, -0.15) is 0 Å². The van der Waals surface area contributed by atoms with Crippen molar-refractivity contribution in [1.29, 1.82) is 0 Å². The lowest BCUT2D eigenvalue weighted by atomic mass is 10.1. The zero-order valence-corrected chi connectivity index (χ0v) is 13.2. The van der Waals surface area contributed by atoms with Crippen molar-refractivity contribution in [2.24, 2.45) is 5.16 Å². The minimum absolute atomic E-state index is 0.0580. The number of alkyl halides is 1. The van der Waals surface area contributed by atoms with Crippen molar-refractivity contribution in [3.63, 3.8) is 0 Å². The third-order valence-corrected chi connectivity index (χ3v) is 5.54. The zero-order chi connectivity index (χ0) is 14.8. The molecular formula is C14H18ClNO3S. The first-order valence-corrected chi connectivity index (χ1v) is 8.69. The Hall–Kier alpha value is -1.07. The number of benzene rings is 1. The minimum atomic E-state index is -3.45. The van der Waals surface area contributed by atoms with Gasteiger partial charge in [0.1, 0.15) is 0 Å². The molecule has 1 aliphatic heterocycles. The molecule has 20 heavy (non-hydrogen) atoms. The van der Waals surface area contributed by atoms with E-state index in [1.807, 2.05) is 24.3 Å². The molecule has 0 saturated carbocycles. The van der Waals surface area contributed by atoms with Crippen LogP contribution in [0.25, 0.3) is 0 Å². The van der Waals surface area contributed by atoms with Crippen LogP contribution >= 0.6 is 11.6 Å². The number of nitrogens with zero attached hydrogens (tertiary/aromatic N) is 1. The number of halogens is 1. The molecule has 1 aliphatic rings. The van der Waals surface area contributed by atoms with Crippen LogP contribution in [0.2, 0.25) is 0 Å². The number of sulfone groups is 1. The molecule has 1 aromatic rings. The summed E-state index contributed by atoms with van der Waals surface area (Å²) in [6, 6.07) is 7.57. The van der Waals surface area contributed by atoms with Crippen LogP contribution in [0, 0.1) is 0 Å². The molecule has 0 radical (unpaired) electrons. The van der Waals surface area contributed by atoms with E-state index in [9.17, 15) is 8.42 Å². The predicted molar refractivity (Wildman–Crippen MR) is 80.7 cm³/mol. The van der Waals surface area contributed by atoms with Gasteiger partial charge in [-0.25, -0.2) is 8.42 Å². The molecule has 1 atom stereocenters. The lowest BCUT2D eigenvalue weighted by molar-refractivity contribution is 0.0152. The summed E-state index contributed by atoms with van der Waals surface area (Å²) < 4.78 is 24.6. The van der Waals surface area contributed by atoms with E-state index in [4.69, 9.17) is 16.4 Å². The van der Waals surface area contributed by atoms with Gasteiger partial charge in [-0.15, -0.1) is 11.6 Å². The van der Waals surface area contributed by atoms with Crippen LogP contribution in [0.1, 0.15) is 31.4 Å². The highest BCUT2D eigenvalue weighted by Crippen LogP contribution is 2.28. The normalized spacial score (nSPS) is 22.4. The van der Waals surface area contributed by atoms with Crippen LogP contribution in [-0.2, 0) is 26.8 Å². The molecule has 1 heterocycles. The number of hydrogen-bond acceptors (Lipinski definition) is 4. The fourth-order valence-electron chi connectivity index (χ4n) is 1.96. The minimum Gasteiger partial charge on any atom is -0.387 e. The molecule has 0 fully saturated rings. The van der Waals surface area contributed by atoms with Crippen molar-refractivity contribution in [2.45, 2.75) is 38.0 Å². The van der Waals surface area contributed by atoms with Gasteiger partial charge in [0.05, 0.1) is 11.6 Å². The van der Waals surface area contributed by atoms with Crippen molar-refractivity contribution in [1.82, 2.24) is 0 Å². The van der Waals surface area contributed by atoms with Crippen LogP contribution in [0.5, 0.6) is 0 Å². The SMILES string of the molecule is CCc1ccc(CS(=O)(=O)C2=NOC(C)(CCl)C2)cc1. The van der Waals surface area contributed by atoms with Gasteiger partial charge < -0.3 is 4.84 Å². The number of oxime groups is 1. The van der Waals surface area contributed by atoms with Crippen molar-refractivity contribution in [3.05, 3.63) is 35.4 Å². The Morgan fingerprint density at radius 1 is 1.30 bits per heavy atom. The number of rotatable bonds is 4. The maximum atomic E-state index is 12.3. The molecule has 1 unspecified atom stereocenters. The molecule has 0 spiro atoms. The third kappa shape index (κ3) is 3.33. The molecular weight excluding hydrogens is 298 g/mol. The summed E-state index contributed by atoms with van der Waals surface area (Å²) in [4.78, 5) is 5.14. The average molecular weight is 316 g/mol. The Morgan fingerprint density at radius 3 is 2.40 bits per heavy atom. The van der Waals surface area contributed by atoms with Crippen LogP contribution < -0.4 is 0 Å². The lowest BCUT2D eigenvalue weighted by Crippen LogP contribution is -2.28. The molecule has 0 bridgehead atoms.